The molecule has 1 fully saturated rings. The van der Waals surface area contributed by atoms with E-state index in [0.717, 1.165) is 4.90 Å². The summed E-state index contributed by atoms with van der Waals surface area (Å²) in [4.78, 5) is 19.8. The molecule has 0 radical (unpaired) electrons. The summed E-state index contributed by atoms with van der Waals surface area (Å²) in [6, 6.07) is -0.593. The molecule has 0 spiro atoms. The zero-order valence-corrected chi connectivity index (χ0v) is 16.2. The molecule has 1 aromatic rings. The van der Waals surface area contributed by atoms with E-state index in [1.165, 1.54) is 10.6 Å². The molecule has 2 aliphatic rings. The second kappa shape index (κ2) is 7.88. The van der Waals surface area contributed by atoms with Crippen LogP contribution in [0.1, 0.15) is 27.2 Å². The number of ether oxygens (including phenoxy) is 1. The summed E-state index contributed by atoms with van der Waals surface area (Å²) in [5.41, 5.74) is -0.427. The van der Waals surface area contributed by atoms with Crippen molar-refractivity contribution in [3.63, 3.8) is 0 Å². The first kappa shape index (κ1) is 20.9. The average Bonchev–Trinajstić information content (AvgIpc) is 2.61. The summed E-state index contributed by atoms with van der Waals surface area (Å²) < 4.78 is 62.0. The zero-order valence-electron chi connectivity index (χ0n) is 16.2. The molecule has 1 aromatic heterocycles. The van der Waals surface area contributed by atoms with Crippen LogP contribution >= 0.6 is 0 Å². The van der Waals surface area contributed by atoms with Crippen molar-refractivity contribution in [3.8, 4) is 0 Å². The Hall–Kier alpha value is -1.84. The largest absolute Gasteiger partial charge is 0.408 e. The lowest BCUT2D eigenvalue weighted by molar-refractivity contribution is -0.153. The molecule has 3 rings (SSSR count). The minimum atomic E-state index is -4.54. The van der Waals surface area contributed by atoms with Crippen LogP contribution in [-0.4, -0.2) is 60.3 Å². The first-order chi connectivity index (χ1) is 13.1. The Morgan fingerprint density at radius 2 is 2.04 bits per heavy atom. The summed E-state index contributed by atoms with van der Waals surface area (Å²) in [5.74, 6) is -0.253. The van der Waals surface area contributed by atoms with E-state index in [1.54, 1.807) is 13.8 Å². The number of anilines is 2. The Balaban J connectivity index is 2.05. The van der Waals surface area contributed by atoms with Crippen molar-refractivity contribution in [2.75, 3.05) is 36.1 Å². The number of aromatic nitrogens is 2. The van der Waals surface area contributed by atoms with Gasteiger partial charge in [-0.1, -0.05) is 13.8 Å². The second-order valence-electron chi connectivity index (χ2n) is 7.78. The lowest BCUT2D eigenvalue weighted by Gasteiger charge is -2.41. The second-order valence-corrected chi connectivity index (χ2v) is 7.78. The standard InChI is InChI=1S/C18H26F4N4O2/c1-11(2)13(19)9-26-14(18(20,21)22)4-5-25-16(27)8-15(23-17(25)26)24-6-7-28-10-12(24)3/h8,11-14H,4-7,9-10H2,1-3H3. The quantitative estimate of drug-likeness (QED) is 0.720. The smallest absolute Gasteiger partial charge is 0.377 e. The van der Waals surface area contributed by atoms with Gasteiger partial charge in [0.15, 0.2) is 0 Å². The molecular weight excluding hydrogens is 380 g/mol. The third kappa shape index (κ3) is 4.11. The highest BCUT2D eigenvalue weighted by Crippen LogP contribution is 2.35. The lowest BCUT2D eigenvalue weighted by Crippen LogP contribution is -2.55. The van der Waals surface area contributed by atoms with E-state index < -0.39 is 36.4 Å². The average molecular weight is 406 g/mol. The van der Waals surface area contributed by atoms with Gasteiger partial charge < -0.3 is 14.5 Å². The molecule has 158 valence electrons. The Kier molecular flexibility index (Phi) is 5.88. The van der Waals surface area contributed by atoms with Gasteiger partial charge in [0, 0.05) is 19.2 Å². The SMILES string of the molecule is CC(C)C(F)CN1c2nc(N3CCOCC3C)cc(=O)n2CCC1C(F)(F)F. The van der Waals surface area contributed by atoms with Crippen LogP contribution in [-0.2, 0) is 11.3 Å². The van der Waals surface area contributed by atoms with Gasteiger partial charge in [0.05, 0.1) is 25.8 Å². The number of morpholine rings is 1. The van der Waals surface area contributed by atoms with Gasteiger partial charge in [0.25, 0.3) is 5.56 Å². The van der Waals surface area contributed by atoms with Crippen LogP contribution in [0.5, 0.6) is 0 Å². The van der Waals surface area contributed by atoms with E-state index in [1.807, 2.05) is 11.8 Å². The Labute approximate surface area is 161 Å². The van der Waals surface area contributed by atoms with E-state index in [4.69, 9.17) is 4.74 Å². The van der Waals surface area contributed by atoms with Gasteiger partial charge in [-0.2, -0.15) is 18.2 Å². The molecule has 0 aliphatic carbocycles. The van der Waals surface area contributed by atoms with Crippen LogP contribution in [0.2, 0.25) is 0 Å². The van der Waals surface area contributed by atoms with Crippen LogP contribution in [0.4, 0.5) is 29.3 Å². The van der Waals surface area contributed by atoms with Crippen molar-refractivity contribution in [2.24, 2.45) is 5.92 Å². The predicted octanol–water partition coefficient (Wildman–Crippen LogP) is 2.60. The summed E-state index contributed by atoms with van der Waals surface area (Å²) >= 11 is 0. The molecule has 2 aliphatic heterocycles. The summed E-state index contributed by atoms with van der Waals surface area (Å²) in [6.45, 7) is 5.93. The summed E-state index contributed by atoms with van der Waals surface area (Å²) in [5, 5.41) is 0. The molecular formula is C18H26F4N4O2. The third-order valence-corrected chi connectivity index (χ3v) is 5.37. The van der Waals surface area contributed by atoms with Gasteiger partial charge in [-0.3, -0.25) is 9.36 Å². The monoisotopic (exact) mass is 406 g/mol. The summed E-state index contributed by atoms with van der Waals surface area (Å²) in [6.07, 6.45) is -6.32. The molecule has 10 heteroatoms. The van der Waals surface area contributed by atoms with Crippen molar-refractivity contribution >= 4 is 11.8 Å². The molecule has 3 atom stereocenters. The van der Waals surface area contributed by atoms with Gasteiger partial charge in [0.2, 0.25) is 5.95 Å². The van der Waals surface area contributed by atoms with Crippen molar-refractivity contribution < 1.29 is 22.3 Å². The molecule has 0 amide bonds. The molecule has 0 N–H and O–H groups in total. The van der Waals surface area contributed by atoms with Crippen LogP contribution in [0.15, 0.2) is 10.9 Å². The third-order valence-electron chi connectivity index (χ3n) is 5.37. The van der Waals surface area contributed by atoms with Crippen LogP contribution in [0.25, 0.3) is 0 Å². The summed E-state index contributed by atoms with van der Waals surface area (Å²) in [7, 11) is 0. The zero-order chi connectivity index (χ0) is 20.6. The van der Waals surface area contributed by atoms with Gasteiger partial charge in [0.1, 0.15) is 18.0 Å². The number of hydrogen-bond donors (Lipinski definition) is 0. The molecule has 0 aromatic carbocycles. The van der Waals surface area contributed by atoms with Gasteiger partial charge >= 0.3 is 6.18 Å². The maximum Gasteiger partial charge on any atom is 0.408 e. The first-order valence-electron chi connectivity index (χ1n) is 9.53. The van der Waals surface area contributed by atoms with Crippen LogP contribution < -0.4 is 15.4 Å². The maximum atomic E-state index is 14.4. The first-order valence-corrected chi connectivity index (χ1v) is 9.53. The minimum absolute atomic E-state index is 0.0660. The highest BCUT2D eigenvalue weighted by atomic mass is 19.4. The van der Waals surface area contributed by atoms with Crippen molar-refractivity contribution in [1.82, 2.24) is 9.55 Å². The highest BCUT2D eigenvalue weighted by Gasteiger charge is 2.47. The fourth-order valence-electron chi connectivity index (χ4n) is 3.62. The number of rotatable bonds is 4. The highest BCUT2D eigenvalue weighted by molar-refractivity contribution is 5.47. The fourth-order valence-corrected chi connectivity index (χ4v) is 3.62. The van der Waals surface area contributed by atoms with Gasteiger partial charge in [-0.25, -0.2) is 4.39 Å². The van der Waals surface area contributed by atoms with Gasteiger partial charge in [-0.05, 0) is 19.3 Å². The Bertz CT molecular complexity index is 752. The predicted molar refractivity (Wildman–Crippen MR) is 97.7 cm³/mol. The molecule has 0 bridgehead atoms. The van der Waals surface area contributed by atoms with Gasteiger partial charge in [-0.15, -0.1) is 0 Å². The fraction of sp³-hybridized carbons (Fsp3) is 0.778. The molecule has 6 nitrogen and oxygen atoms in total. The number of halogens is 4. The molecule has 3 heterocycles. The van der Waals surface area contributed by atoms with Crippen molar-refractivity contribution in [1.29, 1.82) is 0 Å². The Morgan fingerprint density at radius 3 is 2.64 bits per heavy atom. The van der Waals surface area contributed by atoms with Crippen molar-refractivity contribution in [2.45, 2.75) is 58.2 Å². The lowest BCUT2D eigenvalue weighted by atomic mass is 10.0. The van der Waals surface area contributed by atoms with E-state index in [-0.39, 0.29) is 25.0 Å². The number of nitrogens with zero attached hydrogens (tertiary/aromatic N) is 4. The van der Waals surface area contributed by atoms with Crippen molar-refractivity contribution in [3.05, 3.63) is 16.4 Å². The molecule has 28 heavy (non-hydrogen) atoms. The van der Waals surface area contributed by atoms with E-state index in [9.17, 15) is 22.4 Å². The number of alkyl halides is 4. The van der Waals surface area contributed by atoms with E-state index in [0.29, 0.717) is 25.6 Å². The maximum absolute atomic E-state index is 14.4. The molecule has 3 unspecified atom stereocenters. The van der Waals surface area contributed by atoms with E-state index in [2.05, 4.69) is 4.98 Å². The molecule has 1 saturated heterocycles. The Morgan fingerprint density at radius 1 is 1.32 bits per heavy atom. The van der Waals surface area contributed by atoms with E-state index >= 15 is 0 Å². The number of fused-ring (bicyclic) bond motifs is 1. The van der Waals surface area contributed by atoms with Crippen LogP contribution in [0.3, 0.4) is 0 Å². The molecule has 0 saturated carbocycles. The van der Waals surface area contributed by atoms with Crippen LogP contribution in [0, 0.1) is 5.92 Å². The number of hydrogen-bond acceptors (Lipinski definition) is 5. The minimum Gasteiger partial charge on any atom is -0.377 e. The topological polar surface area (TPSA) is 50.6 Å². The normalized spacial score (nSPS) is 24.4.